The molecule has 0 fully saturated rings. The highest BCUT2D eigenvalue weighted by atomic mass is 79.9. The first-order valence-electron chi connectivity index (χ1n) is 4.95. The molecule has 0 aliphatic rings. The van der Waals surface area contributed by atoms with E-state index in [0.29, 0.717) is 16.0 Å². The maximum absolute atomic E-state index is 9.65. The van der Waals surface area contributed by atoms with Crippen molar-refractivity contribution in [2.24, 2.45) is 5.73 Å². The molecule has 1 atom stereocenters. The number of rotatable bonds is 4. The van der Waals surface area contributed by atoms with Gasteiger partial charge in [0.1, 0.15) is 19.3 Å². The summed E-state index contributed by atoms with van der Waals surface area (Å²) in [6.45, 7) is 0. The van der Waals surface area contributed by atoms with E-state index in [4.69, 9.17) is 38.7 Å². The van der Waals surface area contributed by atoms with Gasteiger partial charge in [0.15, 0.2) is 0 Å². The van der Waals surface area contributed by atoms with Crippen molar-refractivity contribution >= 4 is 39.5 Å². The minimum atomic E-state index is -2.32. The van der Waals surface area contributed by atoms with Crippen LogP contribution in [0.2, 0.25) is 0 Å². The molecule has 0 bridgehead atoms. The van der Waals surface area contributed by atoms with Gasteiger partial charge in [0.05, 0.1) is 40.0 Å². The first-order valence-corrected chi connectivity index (χ1v) is 5.74. The molecule has 90 valence electrons. The lowest BCUT2D eigenvalue weighted by Gasteiger charge is -2.40. The molecule has 0 spiro atoms. The molecule has 0 aromatic heterocycles. The molecule has 3 N–H and O–H groups in total. The zero-order valence-corrected chi connectivity index (χ0v) is 11.7. The molecule has 8 heteroatoms. The summed E-state index contributed by atoms with van der Waals surface area (Å²) in [6, 6.07) is 3.09. The Labute approximate surface area is 119 Å². The monoisotopic (exact) mass is 305 g/mol. The first kappa shape index (κ1) is 15.5. The van der Waals surface area contributed by atoms with Gasteiger partial charge in [0.2, 0.25) is 0 Å². The third kappa shape index (κ3) is 2.70. The van der Waals surface area contributed by atoms with Crippen LogP contribution in [0.15, 0.2) is 16.6 Å². The number of methoxy groups -OCH3 is 2. The molecule has 6 radical (unpaired) electrons. The Morgan fingerprint density at radius 1 is 1.17 bits per heavy atom. The summed E-state index contributed by atoms with van der Waals surface area (Å²) in [5.74, 6) is 0.775. The van der Waals surface area contributed by atoms with Crippen molar-refractivity contribution in [3.05, 3.63) is 22.2 Å². The van der Waals surface area contributed by atoms with Crippen molar-refractivity contribution in [3.8, 4) is 11.5 Å². The molecule has 1 aromatic rings. The van der Waals surface area contributed by atoms with E-state index in [1.54, 1.807) is 6.07 Å². The molecule has 0 aliphatic heterocycles. The molecule has 18 heavy (non-hydrogen) atoms. The van der Waals surface area contributed by atoms with Gasteiger partial charge >= 0.3 is 0 Å². The van der Waals surface area contributed by atoms with Gasteiger partial charge < -0.3 is 20.3 Å². The average Bonchev–Trinajstić information content (AvgIpc) is 2.26. The van der Waals surface area contributed by atoms with E-state index >= 15 is 0 Å². The van der Waals surface area contributed by atoms with Crippen LogP contribution in [-0.4, -0.2) is 48.5 Å². The zero-order valence-electron chi connectivity index (χ0n) is 10.1. The largest absolute Gasteiger partial charge is 0.496 e. The van der Waals surface area contributed by atoms with E-state index in [0.717, 1.165) is 0 Å². The first-order chi connectivity index (χ1) is 8.15. The Hall–Kier alpha value is -0.585. The van der Waals surface area contributed by atoms with Gasteiger partial charge in [0, 0.05) is 0 Å². The molecular formula is C10H11B3BrNO3. The lowest BCUT2D eigenvalue weighted by atomic mass is 9.42. The summed E-state index contributed by atoms with van der Waals surface area (Å²) in [5, 5.41) is 7.74. The number of hydrogen-bond donors (Lipinski definition) is 2. The predicted octanol–water partition coefficient (Wildman–Crippen LogP) is -0.271. The quantitative estimate of drug-likeness (QED) is 0.594. The number of aliphatic hydroxyl groups is 1. The number of benzene rings is 1. The normalized spacial score (nSPS) is 14.9. The summed E-state index contributed by atoms with van der Waals surface area (Å²) < 4.78 is 10.9. The Kier molecular flexibility index (Phi) is 4.46. The topological polar surface area (TPSA) is 64.7 Å². The van der Waals surface area contributed by atoms with E-state index in [-0.39, 0.29) is 5.56 Å². The highest BCUT2D eigenvalue weighted by Crippen LogP contribution is 2.39. The molecule has 1 unspecified atom stereocenters. The smallest absolute Gasteiger partial charge is 0.134 e. The molecule has 0 saturated heterocycles. The number of halogens is 1. The zero-order chi connectivity index (χ0) is 14.1. The van der Waals surface area contributed by atoms with Crippen LogP contribution < -0.4 is 15.2 Å². The summed E-state index contributed by atoms with van der Waals surface area (Å²) in [7, 11) is 19.9. The van der Waals surface area contributed by atoms with Crippen LogP contribution in [0.3, 0.4) is 0 Å². The van der Waals surface area contributed by atoms with Crippen molar-refractivity contribution in [2.75, 3.05) is 14.2 Å². The number of hydrogen-bond acceptors (Lipinski definition) is 4. The summed E-state index contributed by atoms with van der Waals surface area (Å²) >= 11 is 3.29. The van der Waals surface area contributed by atoms with Crippen molar-refractivity contribution < 1.29 is 14.6 Å². The average molecular weight is 306 g/mol. The van der Waals surface area contributed by atoms with Crippen LogP contribution in [-0.2, 0) is 5.21 Å². The van der Waals surface area contributed by atoms with Gasteiger partial charge in [-0.2, -0.15) is 0 Å². The van der Waals surface area contributed by atoms with Crippen LogP contribution in [0.5, 0.6) is 11.5 Å². The third-order valence-corrected chi connectivity index (χ3v) is 3.20. The summed E-state index contributed by atoms with van der Waals surface area (Å²) in [5.41, 5.74) is 3.27. The Balaban J connectivity index is 3.48. The molecule has 1 aromatic carbocycles. The number of nitrogens with two attached hydrogens (primary N) is 1. The maximum atomic E-state index is 9.65. The van der Waals surface area contributed by atoms with Gasteiger partial charge in [-0.25, -0.2) is 0 Å². The van der Waals surface area contributed by atoms with Gasteiger partial charge in [-0.3, -0.25) is 0 Å². The SMILES string of the molecule is [B]C(N)(O)C([B])([B])c1cc(OC)c(Br)cc1OC. The molecule has 4 nitrogen and oxygen atoms in total. The second-order valence-electron chi connectivity index (χ2n) is 3.88. The fourth-order valence-electron chi connectivity index (χ4n) is 1.40. The van der Waals surface area contributed by atoms with Crippen molar-refractivity contribution in [1.82, 2.24) is 0 Å². The lowest BCUT2D eigenvalue weighted by molar-refractivity contribution is 0.114. The van der Waals surface area contributed by atoms with Crippen LogP contribution in [0.4, 0.5) is 0 Å². The Morgan fingerprint density at radius 3 is 2.06 bits per heavy atom. The fourth-order valence-corrected chi connectivity index (χ4v) is 1.88. The fraction of sp³-hybridized carbons (Fsp3) is 0.400. The van der Waals surface area contributed by atoms with E-state index in [1.807, 2.05) is 0 Å². The van der Waals surface area contributed by atoms with Crippen molar-refractivity contribution in [3.63, 3.8) is 0 Å². The van der Waals surface area contributed by atoms with Crippen LogP contribution in [0.1, 0.15) is 5.56 Å². The van der Waals surface area contributed by atoms with E-state index in [1.165, 1.54) is 20.3 Å². The van der Waals surface area contributed by atoms with Crippen molar-refractivity contribution in [1.29, 1.82) is 0 Å². The molecule has 0 amide bonds. The highest BCUT2D eigenvalue weighted by molar-refractivity contribution is 9.10. The maximum Gasteiger partial charge on any atom is 0.134 e. The number of ether oxygens (including phenoxy) is 2. The van der Waals surface area contributed by atoms with Gasteiger partial charge in [-0.05, 0) is 38.8 Å². The van der Waals surface area contributed by atoms with E-state index in [2.05, 4.69) is 15.9 Å². The Bertz CT molecular complexity index is 449. The minimum absolute atomic E-state index is 0.220. The second-order valence-corrected chi connectivity index (χ2v) is 4.74. The summed E-state index contributed by atoms with van der Waals surface area (Å²) in [6.07, 6.45) is 0. The highest BCUT2D eigenvalue weighted by Gasteiger charge is 2.38. The molecule has 0 heterocycles. The van der Waals surface area contributed by atoms with Crippen LogP contribution in [0, 0.1) is 0 Å². The van der Waals surface area contributed by atoms with Gasteiger partial charge in [-0.15, -0.1) is 0 Å². The minimum Gasteiger partial charge on any atom is -0.496 e. The van der Waals surface area contributed by atoms with Crippen LogP contribution in [0.25, 0.3) is 0 Å². The van der Waals surface area contributed by atoms with Gasteiger partial charge in [-0.1, -0.05) is 0 Å². The van der Waals surface area contributed by atoms with E-state index in [9.17, 15) is 5.11 Å². The molecule has 0 aliphatic carbocycles. The summed E-state index contributed by atoms with van der Waals surface area (Å²) in [4.78, 5) is 0. The lowest BCUT2D eigenvalue weighted by Crippen LogP contribution is -2.60. The second kappa shape index (κ2) is 5.19. The molecule has 0 saturated carbocycles. The van der Waals surface area contributed by atoms with Gasteiger partial charge in [0.25, 0.3) is 0 Å². The standard InChI is InChI=1S/C10H11B3BrNO3/c1-17-7-4-6(14)8(18-2)3-5(7)9(11,12)10(13,15)16/h3-4,16H,15H2,1-2H3. The van der Waals surface area contributed by atoms with Crippen LogP contribution >= 0.6 is 15.9 Å². The molecular weight excluding hydrogens is 294 g/mol. The van der Waals surface area contributed by atoms with Crippen molar-refractivity contribution in [2.45, 2.75) is 10.8 Å². The third-order valence-electron chi connectivity index (χ3n) is 2.58. The van der Waals surface area contributed by atoms with E-state index < -0.39 is 10.8 Å². The predicted molar refractivity (Wildman–Crippen MR) is 75.3 cm³/mol. The molecule has 1 rings (SSSR count). The Morgan fingerprint density at radius 2 is 1.67 bits per heavy atom.